The summed E-state index contributed by atoms with van der Waals surface area (Å²) < 4.78 is 49.5. The lowest BCUT2D eigenvalue weighted by Gasteiger charge is -2.35. The lowest BCUT2D eigenvalue weighted by molar-refractivity contribution is -0.191. The number of allylic oxidation sites excluding steroid dienone is 1. The van der Waals surface area contributed by atoms with Crippen molar-refractivity contribution >= 4 is 17.6 Å². The number of benzene rings is 1. The third-order valence-electron chi connectivity index (χ3n) is 6.13. The van der Waals surface area contributed by atoms with Crippen molar-refractivity contribution < 1.29 is 32.0 Å². The van der Waals surface area contributed by atoms with Crippen molar-refractivity contribution in [2.45, 2.75) is 51.9 Å². The van der Waals surface area contributed by atoms with Gasteiger partial charge in [0.1, 0.15) is 5.76 Å². The Labute approximate surface area is 188 Å². The third kappa shape index (κ3) is 3.65. The van der Waals surface area contributed by atoms with Crippen LogP contribution >= 0.6 is 0 Å². The van der Waals surface area contributed by atoms with E-state index >= 15 is 0 Å². The van der Waals surface area contributed by atoms with Crippen LogP contribution in [0.25, 0.3) is 0 Å². The average molecular weight is 460 g/mol. The summed E-state index contributed by atoms with van der Waals surface area (Å²) in [5.41, 5.74) is -4.42. The molecule has 2 aromatic rings. The van der Waals surface area contributed by atoms with Gasteiger partial charge < -0.3 is 14.6 Å². The largest absolute Gasteiger partial charge is 0.467 e. The maximum atomic E-state index is 14.8. The number of aryl methyl sites for hydroxylation is 1. The second-order valence-electron chi connectivity index (χ2n) is 9.25. The average Bonchev–Trinajstić information content (AvgIpc) is 3.28. The van der Waals surface area contributed by atoms with Crippen LogP contribution in [0.3, 0.4) is 0 Å². The maximum Gasteiger partial charge on any atom is 0.425 e. The Balaban J connectivity index is 1.89. The zero-order valence-electron chi connectivity index (χ0n) is 18.4. The standard InChI is InChI=1S/C24H23F3N2O4/c1-14-7-4-5-9-16(14)20(31)28-23(24(25,26)27)19-17(11-22(2,3)12-18(19)30)29(21(23)32)13-15-8-6-10-33-15/h4-10H,11-13H2,1-3H3,(H,28,31). The number of hydrogen-bond acceptors (Lipinski definition) is 4. The smallest absolute Gasteiger partial charge is 0.425 e. The lowest BCUT2D eigenvalue weighted by atomic mass is 9.72. The van der Waals surface area contributed by atoms with Crippen LogP contribution in [0.1, 0.15) is 48.4 Å². The van der Waals surface area contributed by atoms with Gasteiger partial charge >= 0.3 is 6.18 Å². The molecule has 0 bridgehead atoms. The number of alkyl halides is 3. The number of carbonyl (C=O) groups is 3. The van der Waals surface area contributed by atoms with E-state index < -0.39 is 40.3 Å². The molecule has 9 heteroatoms. The van der Waals surface area contributed by atoms with Crippen LogP contribution in [-0.4, -0.2) is 34.2 Å². The number of amides is 2. The first-order valence-electron chi connectivity index (χ1n) is 10.4. The van der Waals surface area contributed by atoms with Crippen LogP contribution in [0, 0.1) is 12.3 Å². The molecule has 1 aliphatic carbocycles. The fraction of sp³-hybridized carbons (Fsp3) is 0.375. The summed E-state index contributed by atoms with van der Waals surface area (Å²) in [5.74, 6) is -3.04. The topological polar surface area (TPSA) is 79.6 Å². The molecule has 0 fully saturated rings. The summed E-state index contributed by atoms with van der Waals surface area (Å²) in [5, 5.41) is 1.94. The number of halogens is 3. The molecular weight excluding hydrogens is 437 g/mol. The summed E-state index contributed by atoms with van der Waals surface area (Å²) in [6.45, 7) is 4.80. The van der Waals surface area contributed by atoms with E-state index in [4.69, 9.17) is 4.42 Å². The predicted molar refractivity (Wildman–Crippen MR) is 112 cm³/mol. The molecule has 1 aromatic carbocycles. The van der Waals surface area contributed by atoms with Crippen molar-refractivity contribution in [1.82, 2.24) is 10.2 Å². The van der Waals surface area contributed by atoms with Crippen LogP contribution < -0.4 is 5.32 Å². The van der Waals surface area contributed by atoms with E-state index in [1.807, 2.05) is 5.32 Å². The van der Waals surface area contributed by atoms with E-state index in [-0.39, 0.29) is 36.4 Å². The molecule has 1 atom stereocenters. The van der Waals surface area contributed by atoms with Crippen molar-refractivity contribution in [3.8, 4) is 0 Å². The zero-order valence-corrected chi connectivity index (χ0v) is 18.4. The molecule has 2 aliphatic rings. The van der Waals surface area contributed by atoms with Crippen molar-refractivity contribution in [2.75, 3.05) is 0 Å². The van der Waals surface area contributed by atoms with E-state index in [1.165, 1.54) is 24.5 Å². The van der Waals surface area contributed by atoms with Crippen LogP contribution in [0.2, 0.25) is 0 Å². The second kappa shape index (κ2) is 7.60. The Bertz CT molecular complexity index is 1160. The van der Waals surface area contributed by atoms with Gasteiger partial charge in [0.05, 0.1) is 18.4 Å². The van der Waals surface area contributed by atoms with E-state index in [0.717, 1.165) is 4.90 Å². The molecule has 174 valence electrons. The lowest BCUT2D eigenvalue weighted by Crippen LogP contribution is -2.66. The number of hydrogen-bond donors (Lipinski definition) is 1. The minimum absolute atomic E-state index is 0.0100. The third-order valence-corrected chi connectivity index (χ3v) is 6.13. The van der Waals surface area contributed by atoms with Gasteiger partial charge in [-0.1, -0.05) is 32.0 Å². The van der Waals surface area contributed by atoms with Gasteiger partial charge in [0.25, 0.3) is 11.8 Å². The first-order valence-corrected chi connectivity index (χ1v) is 10.4. The minimum atomic E-state index is -5.25. The number of nitrogens with one attached hydrogen (secondary N) is 1. The van der Waals surface area contributed by atoms with Crippen molar-refractivity contribution in [3.63, 3.8) is 0 Å². The van der Waals surface area contributed by atoms with Crippen LogP contribution in [0.5, 0.6) is 0 Å². The van der Waals surface area contributed by atoms with E-state index in [9.17, 15) is 27.6 Å². The monoisotopic (exact) mass is 460 g/mol. The van der Waals surface area contributed by atoms with Crippen molar-refractivity contribution in [1.29, 1.82) is 0 Å². The van der Waals surface area contributed by atoms with Gasteiger partial charge in [-0.15, -0.1) is 0 Å². The molecule has 2 amide bonds. The summed E-state index contributed by atoms with van der Waals surface area (Å²) in [6.07, 6.45) is -4.01. The number of Topliss-reactive ketones (excluding diaryl/α,β-unsaturated/α-hetero) is 1. The molecule has 1 aromatic heterocycles. The number of nitrogens with zero attached hydrogens (tertiary/aromatic N) is 1. The molecule has 1 N–H and O–H groups in total. The summed E-state index contributed by atoms with van der Waals surface area (Å²) >= 11 is 0. The second-order valence-corrected chi connectivity index (χ2v) is 9.25. The van der Waals surface area contributed by atoms with Crippen LogP contribution in [0.15, 0.2) is 58.3 Å². The first kappa shape index (κ1) is 22.8. The molecule has 1 unspecified atom stereocenters. The Hall–Kier alpha value is -3.36. The molecule has 33 heavy (non-hydrogen) atoms. The van der Waals surface area contributed by atoms with Crippen LogP contribution in [-0.2, 0) is 16.1 Å². The fourth-order valence-electron chi connectivity index (χ4n) is 4.62. The normalized spacial score (nSPS) is 22.5. The summed E-state index contributed by atoms with van der Waals surface area (Å²) in [4.78, 5) is 40.6. The molecule has 0 saturated carbocycles. The Morgan fingerprint density at radius 3 is 2.42 bits per heavy atom. The molecule has 0 spiro atoms. The summed E-state index contributed by atoms with van der Waals surface area (Å²) in [7, 11) is 0. The highest BCUT2D eigenvalue weighted by molar-refractivity contribution is 6.14. The fourth-order valence-corrected chi connectivity index (χ4v) is 4.62. The minimum Gasteiger partial charge on any atom is -0.467 e. The van der Waals surface area contributed by atoms with Gasteiger partial charge in [0.2, 0.25) is 5.54 Å². The van der Waals surface area contributed by atoms with E-state index in [2.05, 4.69) is 0 Å². The number of furan rings is 1. The van der Waals surface area contributed by atoms with Crippen LogP contribution in [0.4, 0.5) is 13.2 Å². The summed E-state index contributed by atoms with van der Waals surface area (Å²) in [6, 6.07) is 9.19. The van der Waals surface area contributed by atoms with E-state index in [1.54, 1.807) is 39.0 Å². The van der Waals surface area contributed by atoms with Gasteiger partial charge in [-0.05, 0) is 42.5 Å². The van der Waals surface area contributed by atoms with Crippen molar-refractivity contribution in [3.05, 3.63) is 70.8 Å². The molecule has 6 nitrogen and oxygen atoms in total. The van der Waals surface area contributed by atoms with Gasteiger partial charge in [-0.3, -0.25) is 14.4 Å². The number of rotatable bonds is 4. The molecule has 1 aliphatic heterocycles. The quantitative estimate of drug-likeness (QED) is 0.738. The first-order chi connectivity index (χ1) is 15.4. The van der Waals surface area contributed by atoms with E-state index in [0.29, 0.717) is 5.56 Å². The SMILES string of the molecule is Cc1ccccc1C(=O)NC1(C(F)(F)F)C(=O)N(Cc2ccco2)C2=C1C(=O)CC(C)(C)C2. The van der Waals surface area contributed by atoms with Crippen molar-refractivity contribution in [2.24, 2.45) is 5.41 Å². The molecule has 0 saturated heterocycles. The molecule has 0 radical (unpaired) electrons. The molecular formula is C24H23F3N2O4. The molecule has 2 heterocycles. The van der Waals surface area contributed by atoms with Gasteiger partial charge in [-0.2, -0.15) is 13.2 Å². The van der Waals surface area contributed by atoms with Gasteiger partial charge in [-0.25, -0.2) is 0 Å². The highest BCUT2D eigenvalue weighted by atomic mass is 19.4. The molecule has 4 rings (SSSR count). The Morgan fingerprint density at radius 1 is 1.12 bits per heavy atom. The predicted octanol–water partition coefficient (Wildman–Crippen LogP) is 4.30. The Morgan fingerprint density at radius 2 is 1.82 bits per heavy atom. The Kier molecular flexibility index (Phi) is 5.26. The number of carbonyl (C=O) groups excluding carboxylic acids is 3. The maximum absolute atomic E-state index is 14.8. The zero-order chi connectivity index (χ0) is 24.2. The highest BCUT2D eigenvalue weighted by Gasteiger charge is 2.71. The highest BCUT2D eigenvalue weighted by Crippen LogP contribution is 2.52. The number of ketones is 1. The van der Waals surface area contributed by atoms with Gasteiger partial charge in [0.15, 0.2) is 5.78 Å². The van der Waals surface area contributed by atoms with Gasteiger partial charge in [0, 0.05) is 17.7 Å².